The number of fused-ring (bicyclic) bond motifs is 6. The molecule has 1 atom stereocenters. The Labute approximate surface area is 250 Å². The van der Waals surface area contributed by atoms with E-state index in [1.807, 2.05) is 12.1 Å². The van der Waals surface area contributed by atoms with E-state index < -0.39 is 5.92 Å². The summed E-state index contributed by atoms with van der Waals surface area (Å²) in [6.45, 7) is 6.50. The lowest BCUT2D eigenvalue weighted by atomic mass is 10.1. The minimum absolute atomic E-state index is 0.0453. The zero-order chi connectivity index (χ0) is 29.5. The second kappa shape index (κ2) is 11.1. The number of unbranched alkanes of at least 4 members (excludes halogenated alkanes) is 1. The van der Waals surface area contributed by atoms with Crippen LogP contribution in [-0.2, 0) is 22.7 Å². The predicted octanol–water partition coefficient (Wildman–Crippen LogP) is 7.23. The van der Waals surface area contributed by atoms with Crippen LogP contribution < -0.4 is 10.3 Å². The first kappa shape index (κ1) is 27.0. The van der Waals surface area contributed by atoms with E-state index in [0.29, 0.717) is 6.54 Å². The number of hydrogen-bond donors (Lipinski definition) is 1. The van der Waals surface area contributed by atoms with E-state index in [9.17, 15) is 9.59 Å². The summed E-state index contributed by atoms with van der Waals surface area (Å²) in [5, 5.41) is 9.01. The lowest BCUT2D eigenvalue weighted by Gasteiger charge is -2.17. The van der Waals surface area contributed by atoms with Gasteiger partial charge in [-0.15, -0.1) is 0 Å². The fourth-order valence-corrected chi connectivity index (χ4v) is 6.65. The molecule has 1 unspecified atom stereocenters. The molecule has 0 saturated carbocycles. The maximum atomic E-state index is 13.1. The van der Waals surface area contributed by atoms with Gasteiger partial charge < -0.3 is 14.0 Å². The average Bonchev–Trinajstić information content (AvgIpc) is 3.68. The molecule has 0 aliphatic carbocycles. The van der Waals surface area contributed by atoms with Gasteiger partial charge in [0.05, 0.1) is 12.1 Å². The number of para-hydroxylation sites is 2. The molecule has 0 radical (unpaired) electrons. The van der Waals surface area contributed by atoms with Crippen molar-refractivity contribution in [1.82, 2.24) is 14.6 Å². The van der Waals surface area contributed by atoms with Crippen molar-refractivity contribution in [2.75, 3.05) is 11.4 Å². The van der Waals surface area contributed by atoms with Crippen LogP contribution in [0.5, 0.6) is 0 Å². The molecule has 216 valence electrons. The minimum atomic E-state index is -0.462. The van der Waals surface area contributed by atoms with E-state index in [2.05, 4.69) is 106 Å². The third-order valence-corrected chi connectivity index (χ3v) is 8.80. The molecule has 0 spiro atoms. The van der Waals surface area contributed by atoms with E-state index in [0.717, 1.165) is 48.1 Å². The molecule has 7 heteroatoms. The van der Waals surface area contributed by atoms with Gasteiger partial charge in [0.1, 0.15) is 0 Å². The van der Waals surface area contributed by atoms with Gasteiger partial charge in [0.15, 0.2) is 0 Å². The van der Waals surface area contributed by atoms with Crippen molar-refractivity contribution in [2.45, 2.75) is 46.2 Å². The fourth-order valence-electron chi connectivity index (χ4n) is 6.65. The van der Waals surface area contributed by atoms with Gasteiger partial charge in [-0.3, -0.25) is 9.59 Å². The van der Waals surface area contributed by atoms with Crippen molar-refractivity contribution in [1.29, 1.82) is 0 Å². The van der Waals surface area contributed by atoms with Crippen LogP contribution in [0.4, 0.5) is 5.69 Å². The normalized spacial score (nSPS) is 15.6. The van der Waals surface area contributed by atoms with Gasteiger partial charge in [-0.05, 0) is 55.3 Å². The Kier molecular flexibility index (Phi) is 6.93. The highest BCUT2D eigenvalue weighted by Crippen LogP contribution is 2.34. The number of hydrogen-bond acceptors (Lipinski definition) is 3. The monoisotopic (exact) mass is 569 g/mol. The molecule has 7 nitrogen and oxygen atoms in total. The van der Waals surface area contributed by atoms with Crippen molar-refractivity contribution in [3.05, 3.63) is 90.5 Å². The van der Waals surface area contributed by atoms with Gasteiger partial charge in [0.2, 0.25) is 11.8 Å². The molecule has 1 aliphatic rings. The first-order valence-corrected chi connectivity index (χ1v) is 15.2. The zero-order valence-electron chi connectivity index (χ0n) is 24.6. The molecule has 1 saturated heterocycles. The van der Waals surface area contributed by atoms with E-state index in [-0.39, 0.29) is 18.2 Å². The average molecular weight is 570 g/mol. The van der Waals surface area contributed by atoms with Crippen LogP contribution in [0.3, 0.4) is 0 Å². The molecule has 43 heavy (non-hydrogen) atoms. The van der Waals surface area contributed by atoms with Crippen molar-refractivity contribution >= 4 is 67.3 Å². The molecule has 3 heterocycles. The number of rotatable bonds is 8. The van der Waals surface area contributed by atoms with Crippen molar-refractivity contribution in [3.8, 4) is 0 Å². The number of amides is 2. The summed E-state index contributed by atoms with van der Waals surface area (Å²) in [6, 6.07) is 29.3. The van der Waals surface area contributed by atoms with Gasteiger partial charge in [0, 0.05) is 75.4 Å². The van der Waals surface area contributed by atoms with E-state index >= 15 is 0 Å². The summed E-state index contributed by atoms with van der Waals surface area (Å²) < 4.78 is 4.66. The van der Waals surface area contributed by atoms with E-state index in [4.69, 9.17) is 0 Å². The minimum Gasteiger partial charge on any atom is -0.341 e. The Balaban J connectivity index is 1.08. The van der Waals surface area contributed by atoms with Crippen LogP contribution >= 0.6 is 0 Å². The molecule has 1 fully saturated rings. The predicted molar refractivity (Wildman–Crippen MR) is 176 cm³/mol. The summed E-state index contributed by atoms with van der Waals surface area (Å²) in [7, 11) is 0. The van der Waals surface area contributed by atoms with Gasteiger partial charge in [-0.2, -0.15) is 5.10 Å². The molecule has 0 bridgehead atoms. The lowest BCUT2D eigenvalue weighted by molar-refractivity contribution is -0.126. The first-order chi connectivity index (χ1) is 21.1. The van der Waals surface area contributed by atoms with E-state index in [1.165, 1.54) is 32.7 Å². The van der Waals surface area contributed by atoms with Crippen LogP contribution in [0, 0.1) is 5.92 Å². The zero-order valence-corrected chi connectivity index (χ0v) is 24.6. The third-order valence-electron chi connectivity index (χ3n) is 8.80. The standard InChI is InChI=1S/C36H35N5O2/c1-3-5-18-40-32-13-9-7-11-28(32)30-21-26(15-17-33(30)40)41-23-25(20-35(41)42)36(43)38-37-22-24-14-16-29-27-10-6-8-12-31(27)39(4-2)34(29)19-24/h6-17,19,21-22,25H,3-5,18,20,23H2,1-2H3,(H,38,43)/b37-22-. The third kappa shape index (κ3) is 4.65. The molecule has 6 aromatic rings. The number of benzene rings is 4. The van der Waals surface area contributed by atoms with Crippen LogP contribution in [0.1, 0.15) is 38.7 Å². The second-order valence-corrected chi connectivity index (χ2v) is 11.4. The molecule has 2 aromatic heterocycles. The summed E-state index contributed by atoms with van der Waals surface area (Å²) >= 11 is 0. The largest absolute Gasteiger partial charge is 0.341 e. The Morgan fingerprint density at radius 3 is 2.30 bits per heavy atom. The van der Waals surface area contributed by atoms with E-state index in [1.54, 1.807) is 11.1 Å². The van der Waals surface area contributed by atoms with Crippen molar-refractivity contribution in [2.24, 2.45) is 11.0 Å². The number of nitrogens with zero attached hydrogens (tertiary/aromatic N) is 4. The SMILES string of the molecule is CCCCn1c2ccccc2c2cc(N3CC(C(=O)N/N=C\c4ccc5c6ccccc6n(CC)c5c4)CC3=O)ccc21. The number of hydrazone groups is 1. The Morgan fingerprint density at radius 2 is 1.53 bits per heavy atom. The van der Waals surface area contributed by atoms with Crippen molar-refractivity contribution in [3.63, 3.8) is 0 Å². The number of carbonyl (C=O) groups is 2. The number of aromatic nitrogens is 2. The number of anilines is 1. The molecule has 1 aliphatic heterocycles. The van der Waals surface area contributed by atoms with Gasteiger partial charge in [0.25, 0.3) is 0 Å². The summed E-state index contributed by atoms with van der Waals surface area (Å²) in [6.07, 6.45) is 4.07. The number of aryl methyl sites for hydroxylation is 2. The molecular formula is C36H35N5O2. The maximum absolute atomic E-state index is 13.1. The molecule has 1 N–H and O–H groups in total. The lowest BCUT2D eigenvalue weighted by Crippen LogP contribution is -2.30. The van der Waals surface area contributed by atoms with Crippen LogP contribution in [0.15, 0.2) is 90.0 Å². The maximum Gasteiger partial charge on any atom is 0.245 e. The number of carbonyl (C=O) groups excluding carboxylic acids is 2. The first-order valence-electron chi connectivity index (χ1n) is 15.2. The summed E-state index contributed by atoms with van der Waals surface area (Å²) in [5.41, 5.74) is 9.15. The van der Waals surface area contributed by atoms with Crippen LogP contribution in [0.2, 0.25) is 0 Å². The Bertz CT molecular complexity index is 2050. The van der Waals surface area contributed by atoms with Crippen LogP contribution in [0.25, 0.3) is 43.6 Å². The topological polar surface area (TPSA) is 71.6 Å². The summed E-state index contributed by atoms with van der Waals surface area (Å²) in [4.78, 5) is 27.9. The highest BCUT2D eigenvalue weighted by molar-refractivity contribution is 6.11. The second-order valence-electron chi connectivity index (χ2n) is 11.4. The Morgan fingerprint density at radius 1 is 0.837 bits per heavy atom. The smallest absolute Gasteiger partial charge is 0.245 e. The van der Waals surface area contributed by atoms with Gasteiger partial charge in [-0.1, -0.05) is 61.9 Å². The van der Waals surface area contributed by atoms with Crippen molar-refractivity contribution < 1.29 is 9.59 Å². The Hall–Kier alpha value is -4.91. The molecular weight excluding hydrogens is 534 g/mol. The molecule has 4 aromatic carbocycles. The van der Waals surface area contributed by atoms with Gasteiger partial charge >= 0.3 is 0 Å². The highest BCUT2D eigenvalue weighted by Gasteiger charge is 2.35. The number of nitrogens with one attached hydrogen (secondary N) is 1. The highest BCUT2D eigenvalue weighted by atomic mass is 16.2. The molecule has 7 rings (SSSR count). The van der Waals surface area contributed by atoms with Crippen LogP contribution in [-0.4, -0.2) is 33.7 Å². The quantitative estimate of drug-likeness (QED) is 0.155. The van der Waals surface area contributed by atoms with Gasteiger partial charge in [-0.25, -0.2) is 5.43 Å². The fraction of sp³-hybridized carbons (Fsp3) is 0.250. The summed E-state index contributed by atoms with van der Waals surface area (Å²) in [5.74, 6) is -0.750. The molecule has 2 amide bonds.